The minimum atomic E-state index is -1.12. The molecule has 0 aliphatic rings. The van der Waals surface area contributed by atoms with Crippen LogP contribution in [-0.2, 0) is 0 Å². The van der Waals surface area contributed by atoms with Crippen molar-refractivity contribution >= 4 is 11.9 Å². The summed E-state index contributed by atoms with van der Waals surface area (Å²) in [5.41, 5.74) is 0.570. The van der Waals surface area contributed by atoms with E-state index in [1.807, 2.05) is 0 Å². The van der Waals surface area contributed by atoms with Crippen LogP contribution in [0.1, 0.15) is 97.9 Å². The average molecular weight is 336 g/mol. The van der Waals surface area contributed by atoms with Crippen molar-refractivity contribution in [1.29, 1.82) is 0 Å². The number of hydrogen-bond acceptors (Lipinski definition) is 2. The molecule has 0 spiro atoms. The summed E-state index contributed by atoms with van der Waals surface area (Å²) < 4.78 is 0. The molecule has 4 heteroatoms. The summed E-state index contributed by atoms with van der Waals surface area (Å²) in [6, 6.07) is 4.01. The number of carboxylic acid groups (broad SMARTS) is 2. The summed E-state index contributed by atoms with van der Waals surface area (Å²) in [5, 5.41) is 17.3. The number of aromatic carboxylic acids is 2. The van der Waals surface area contributed by atoms with Crippen LogP contribution in [0.25, 0.3) is 0 Å². The van der Waals surface area contributed by atoms with Gasteiger partial charge in [0.2, 0.25) is 0 Å². The van der Waals surface area contributed by atoms with Crippen LogP contribution in [0.4, 0.5) is 0 Å². The van der Waals surface area contributed by atoms with Crippen LogP contribution in [0, 0.1) is 6.92 Å². The predicted octanol–water partition coefficient (Wildman–Crippen LogP) is 5.93. The van der Waals surface area contributed by atoms with Crippen molar-refractivity contribution in [3.05, 3.63) is 34.9 Å². The highest BCUT2D eigenvalue weighted by Gasteiger charge is 2.10. The quantitative estimate of drug-likeness (QED) is 0.519. The Kier molecular flexibility index (Phi) is 12.5. The number of rotatable bonds is 10. The zero-order chi connectivity index (χ0) is 18.4. The monoisotopic (exact) mass is 336 g/mol. The number of carboxylic acids is 2. The number of benzene rings is 1. The molecule has 24 heavy (non-hydrogen) atoms. The van der Waals surface area contributed by atoms with Gasteiger partial charge in [-0.25, -0.2) is 9.59 Å². The van der Waals surface area contributed by atoms with Gasteiger partial charge in [0.05, 0.1) is 11.1 Å². The fourth-order valence-corrected chi connectivity index (χ4v) is 2.37. The largest absolute Gasteiger partial charge is 0.478 e. The maximum Gasteiger partial charge on any atom is 0.335 e. The third kappa shape index (κ3) is 10.0. The van der Waals surface area contributed by atoms with E-state index in [2.05, 4.69) is 13.8 Å². The van der Waals surface area contributed by atoms with Crippen molar-refractivity contribution in [2.75, 3.05) is 0 Å². The molecule has 1 aromatic carbocycles. The predicted molar refractivity (Wildman–Crippen MR) is 98.0 cm³/mol. The zero-order valence-electron chi connectivity index (χ0n) is 15.3. The van der Waals surface area contributed by atoms with E-state index >= 15 is 0 Å². The van der Waals surface area contributed by atoms with Gasteiger partial charge in [0.25, 0.3) is 0 Å². The van der Waals surface area contributed by atoms with Crippen molar-refractivity contribution in [1.82, 2.24) is 0 Å². The van der Waals surface area contributed by atoms with Gasteiger partial charge in [-0.1, -0.05) is 77.7 Å². The SMILES string of the molecule is CCCCCCCCCCC.Cc1ccc(C(=O)O)cc1C(=O)O. The first-order valence-corrected chi connectivity index (χ1v) is 9.01. The molecule has 0 fully saturated rings. The smallest absolute Gasteiger partial charge is 0.335 e. The minimum Gasteiger partial charge on any atom is -0.478 e. The second-order valence-corrected chi connectivity index (χ2v) is 6.11. The Morgan fingerprint density at radius 1 is 0.792 bits per heavy atom. The first kappa shape index (κ1) is 22.2. The molecule has 0 saturated carbocycles. The lowest BCUT2D eigenvalue weighted by Crippen LogP contribution is -2.03. The maximum absolute atomic E-state index is 10.6. The minimum absolute atomic E-state index is 0.0111. The lowest BCUT2D eigenvalue weighted by atomic mass is 10.1. The molecule has 0 aromatic heterocycles. The van der Waals surface area contributed by atoms with Gasteiger partial charge >= 0.3 is 11.9 Å². The Hall–Kier alpha value is -1.84. The third-order valence-corrected chi connectivity index (χ3v) is 3.92. The van der Waals surface area contributed by atoms with Crippen molar-refractivity contribution in [2.24, 2.45) is 0 Å². The summed E-state index contributed by atoms with van der Waals surface area (Å²) in [6.07, 6.45) is 13.0. The van der Waals surface area contributed by atoms with Crippen molar-refractivity contribution in [3.8, 4) is 0 Å². The molecule has 1 aromatic rings. The highest BCUT2D eigenvalue weighted by atomic mass is 16.4. The van der Waals surface area contributed by atoms with Crippen molar-refractivity contribution in [3.63, 3.8) is 0 Å². The number of unbranched alkanes of at least 4 members (excludes halogenated alkanes) is 8. The molecule has 0 radical (unpaired) electrons. The molecule has 0 bridgehead atoms. The van der Waals surface area contributed by atoms with Crippen LogP contribution >= 0.6 is 0 Å². The summed E-state index contributed by atoms with van der Waals surface area (Å²) >= 11 is 0. The fraction of sp³-hybridized carbons (Fsp3) is 0.600. The number of hydrogen-bond donors (Lipinski definition) is 2. The molecule has 4 nitrogen and oxygen atoms in total. The van der Waals surface area contributed by atoms with Crippen molar-refractivity contribution < 1.29 is 19.8 Å². The number of carbonyl (C=O) groups is 2. The third-order valence-electron chi connectivity index (χ3n) is 3.92. The summed E-state index contributed by atoms with van der Waals surface area (Å²) in [5.74, 6) is -2.23. The molecule has 136 valence electrons. The van der Waals surface area contributed by atoms with E-state index in [9.17, 15) is 9.59 Å². The van der Waals surface area contributed by atoms with E-state index in [1.165, 1.54) is 69.9 Å². The van der Waals surface area contributed by atoms with Gasteiger partial charge in [-0.05, 0) is 24.6 Å². The van der Waals surface area contributed by atoms with Crippen LogP contribution in [0.3, 0.4) is 0 Å². The molecular weight excluding hydrogens is 304 g/mol. The Balaban J connectivity index is 0.000000449. The van der Waals surface area contributed by atoms with Gasteiger partial charge in [0.15, 0.2) is 0 Å². The zero-order valence-corrected chi connectivity index (χ0v) is 15.3. The summed E-state index contributed by atoms with van der Waals surface area (Å²) in [4.78, 5) is 21.1. The standard InChI is InChI=1S/C11H24.C9H8O4/c1-3-5-7-9-11-10-8-6-4-2;1-5-2-3-6(8(10)11)4-7(5)9(12)13/h3-11H2,1-2H3;2-4H,1H3,(H,10,11)(H,12,13). The molecular formula is C20H32O4. The topological polar surface area (TPSA) is 74.6 Å². The Morgan fingerprint density at radius 3 is 1.62 bits per heavy atom. The van der Waals surface area contributed by atoms with E-state index in [1.54, 1.807) is 6.92 Å². The van der Waals surface area contributed by atoms with Crippen LogP contribution in [0.5, 0.6) is 0 Å². The Bertz CT molecular complexity index is 486. The van der Waals surface area contributed by atoms with E-state index in [-0.39, 0.29) is 11.1 Å². The lowest BCUT2D eigenvalue weighted by Gasteiger charge is -2.01. The molecule has 0 amide bonds. The molecule has 0 saturated heterocycles. The molecule has 0 aliphatic carbocycles. The second-order valence-electron chi connectivity index (χ2n) is 6.11. The Labute approximate surface area is 145 Å². The van der Waals surface area contributed by atoms with Crippen LogP contribution in [0.2, 0.25) is 0 Å². The van der Waals surface area contributed by atoms with E-state index in [0.717, 1.165) is 6.07 Å². The van der Waals surface area contributed by atoms with Gasteiger partial charge < -0.3 is 10.2 Å². The maximum atomic E-state index is 10.6. The molecule has 0 atom stereocenters. The van der Waals surface area contributed by atoms with E-state index in [0.29, 0.717) is 5.56 Å². The van der Waals surface area contributed by atoms with Crippen LogP contribution in [-0.4, -0.2) is 22.2 Å². The summed E-state index contributed by atoms with van der Waals surface area (Å²) in [6.45, 7) is 6.17. The lowest BCUT2D eigenvalue weighted by molar-refractivity contribution is 0.0695. The highest BCUT2D eigenvalue weighted by Crippen LogP contribution is 2.11. The normalized spacial score (nSPS) is 9.96. The van der Waals surface area contributed by atoms with Crippen LogP contribution in [0.15, 0.2) is 18.2 Å². The van der Waals surface area contributed by atoms with Gasteiger partial charge in [-0.3, -0.25) is 0 Å². The fourth-order valence-electron chi connectivity index (χ4n) is 2.37. The van der Waals surface area contributed by atoms with Crippen LogP contribution < -0.4 is 0 Å². The molecule has 1 rings (SSSR count). The van der Waals surface area contributed by atoms with E-state index in [4.69, 9.17) is 10.2 Å². The molecule has 0 heterocycles. The molecule has 0 aliphatic heterocycles. The first-order chi connectivity index (χ1) is 11.4. The Morgan fingerprint density at radius 2 is 1.25 bits per heavy atom. The average Bonchev–Trinajstić information content (AvgIpc) is 2.54. The van der Waals surface area contributed by atoms with Crippen molar-refractivity contribution in [2.45, 2.75) is 78.6 Å². The molecule has 0 unspecified atom stereocenters. The molecule has 2 N–H and O–H groups in total. The second kappa shape index (κ2) is 13.6. The highest BCUT2D eigenvalue weighted by molar-refractivity contribution is 5.94. The van der Waals surface area contributed by atoms with Gasteiger partial charge in [0.1, 0.15) is 0 Å². The first-order valence-electron chi connectivity index (χ1n) is 9.01. The van der Waals surface area contributed by atoms with Gasteiger partial charge in [0, 0.05) is 0 Å². The number of aryl methyl sites for hydroxylation is 1. The van der Waals surface area contributed by atoms with Gasteiger partial charge in [-0.15, -0.1) is 0 Å². The van der Waals surface area contributed by atoms with E-state index < -0.39 is 11.9 Å². The van der Waals surface area contributed by atoms with Gasteiger partial charge in [-0.2, -0.15) is 0 Å². The summed E-state index contributed by atoms with van der Waals surface area (Å²) in [7, 11) is 0.